The first-order valence-electron chi connectivity index (χ1n) is 11.6. The summed E-state index contributed by atoms with van der Waals surface area (Å²) in [5, 5.41) is 28.2. The molecule has 0 saturated carbocycles. The van der Waals surface area contributed by atoms with Crippen LogP contribution in [-0.2, 0) is 11.3 Å². The summed E-state index contributed by atoms with van der Waals surface area (Å²) in [6, 6.07) is 17.1. The number of amides is 2. The van der Waals surface area contributed by atoms with Gasteiger partial charge in [-0.1, -0.05) is 30.3 Å². The van der Waals surface area contributed by atoms with E-state index in [2.05, 4.69) is 20.5 Å². The van der Waals surface area contributed by atoms with E-state index in [1.807, 2.05) is 30.3 Å². The third kappa shape index (κ3) is 4.69. The summed E-state index contributed by atoms with van der Waals surface area (Å²) in [5.41, 5.74) is 7.78. The number of aromatic nitrogens is 4. The minimum Gasteiger partial charge on any atom is -0.481 e. The Hall–Kier alpha value is -5.39. The topological polar surface area (TPSA) is 180 Å². The molecule has 3 heterocycles. The van der Waals surface area contributed by atoms with Gasteiger partial charge in [-0.2, -0.15) is 0 Å². The highest BCUT2D eigenvalue weighted by atomic mass is 16.4. The van der Waals surface area contributed by atoms with E-state index in [9.17, 15) is 19.5 Å². The van der Waals surface area contributed by atoms with Crippen molar-refractivity contribution in [2.75, 3.05) is 11.9 Å². The summed E-state index contributed by atoms with van der Waals surface area (Å²) in [4.78, 5) is 43.2. The standard InChI is InChI=1S/C26H22N8O4/c27-23(28)16-8-10-29-19(12-16)25(37)30-17-6-7-20-18(13-17)26(38)33(11-9-22(35)36)14-21-31-32-24(34(20)21)15-4-2-1-3-5-15/h1-8,10,12-13H,9,11,14H2,(H3,27,28)(H,30,37)(H,35,36). The Bertz CT molecular complexity index is 1580. The minimum atomic E-state index is -1.03. The smallest absolute Gasteiger partial charge is 0.305 e. The number of pyridine rings is 1. The largest absolute Gasteiger partial charge is 0.481 e. The van der Waals surface area contributed by atoms with Crippen molar-refractivity contribution >= 4 is 29.3 Å². The zero-order chi connectivity index (χ0) is 26.8. The number of rotatable bonds is 7. The number of benzene rings is 2. The molecule has 0 unspecified atom stereocenters. The Morgan fingerprint density at radius 2 is 1.87 bits per heavy atom. The van der Waals surface area contributed by atoms with Gasteiger partial charge in [-0.15, -0.1) is 10.2 Å². The molecule has 0 spiro atoms. The van der Waals surface area contributed by atoms with E-state index in [1.165, 1.54) is 29.3 Å². The summed E-state index contributed by atoms with van der Waals surface area (Å²) in [7, 11) is 0. The van der Waals surface area contributed by atoms with Crippen LogP contribution < -0.4 is 11.1 Å². The number of nitrogen functional groups attached to an aromatic ring is 1. The van der Waals surface area contributed by atoms with Gasteiger partial charge in [0.2, 0.25) is 0 Å². The normalized spacial score (nSPS) is 12.3. The lowest BCUT2D eigenvalue weighted by molar-refractivity contribution is -0.137. The predicted molar refractivity (Wildman–Crippen MR) is 137 cm³/mol. The van der Waals surface area contributed by atoms with Crippen LogP contribution in [0.5, 0.6) is 0 Å². The number of carboxylic acids is 1. The number of anilines is 1. The van der Waals surface area contributed by atoms with E-state index in [-0.39, 0.29) is 36.6 Å². The van der Waals surface area contributed by atoms with Gasteiger partial charge in [0, 0.05) is 29.6 Å². The second-order valence-electron chi connectivity index (χ2n) is 8.54. The third-order valence-electron chi connectivity index (χ3n) is 6.01. The Kier molecular flexibility index (Phi) is 6.35. The van der Waals surface area contributed by atoms with E-state index in [0.29, 0.717) is 28.6 Å². The monoisotopic (exact) mass is 510 g/mol. The van der Waals surface area contributed by atoms with Gasteiger partial charge in [0.15, 0.2) is 11.6 Å². The van der Waals surface area contributed by atoms with E-state index in [4.69, 9.17) is 11.1 Å². The highest BCUT2D eigenvalue weighted by molar-refractivity contribution is 6.06. The Labute approximate surface area is 216 Å². The molecule has 0 aliphatic carbocycles. The van der Waals surface area contributed by atoms with Crippen molar-refractivity contribution in [1.29, 1.82) is 5.41 Å². The van der Waals surface area contributed by atoms with Crippen LogP contribution >= 0.6 is 0 Å². The first-order chi connectivity index (χ1) is 18.3. The van der Waals surface area contributed by atoms with Crippen LogP contribution in [0, 0.1) is 5.41 Å². The summed E-state index contributed by atoms with van der Waals surface area (Å²) < 4.78 is 1.77. The minimum absolute atomic E-state index is 0.0283. The molecule has 2 aromatic carbocycles. The summed E-state index contributed by atoms with van der Waals surface area (Å²) in [5.74, 6) is -1.18. The number of amidine groups is 1. The Morgan fingerprint density at radius 3 is 2.61 bits per heavy atom. The van der Waals surface area contributed by atoms with E-state index in [1.54, 1.807) is 16.7 Å². The second kappa shape index (κ2) is 9.93. The number of nitrogens with two attached hydrogens (primary N) is 1. The number of nitrogens with one attached hydrogen (secondary N) is 2. The molecule has 1 aliphatic rings. The van der Waals surface area contributed by atoms with E-state index < -0.39 is 17.8 Å². The van der Waals surface area contributed by atoms with Crippen LogP contribution in [0.2, 0.25) is 0 Å². The first kappa shape index (κ1) is 24.3. The molecule has 12 nitrogen and oxygen atoms in total. The second-order valence-corrected chi connectivity index (χ2v) is 8.54. The van der Waals surface area contributed by atoms with Crippen LogP contribution in [0.15, 0.2) is 66.9 Å². The summed E-state index contributed by atoms with van der Waals surface area (Å²) in [6.07, 6.45) is 1.14. The molecule has 0 saturated heterocycles. The molecular formula is C26H22N8O4. The van der Waals surface area contributed by atoms with Crippen LogP contribution in [-0.4, -0.2) is 59.9 Å². The van der Waals surface area contributed by atoms with Crippen LogP contribution in [0.25, 0.3) is 17.1 Å². The van der Waals surface area contributed by atoms with Gasteiger partial charge in [-0.3, -0.25) is 29.3 Å². The average Bonchev–Trinajstić information content (AvgIpc) is 3.29. The van der Waals surface area contributed by atoms with Crippen molar-refractivity contribution in [1.82, 2.24) is 24.6 Å². The lowest BCUT2D eigenvalue weighted by Crippen LogP contribution is -2.32. The van der Waals surface area contributed by atoms with Gasteiger partial charge in [0.1, 0.15) is 11.5 Å². The first-order valence-corrected chi connectivity index (χ1v) is 11.6. The molecule has 5 N–H and O–H groups in total. The van der Waals surface area contributed by atoms with Crippen molar-refractivity contribution in [3.05, 3.63) is 89.5 Å². The molecule has 38 heavy (non-hydrogen) atoms. The van der Waals surface area contributed by atoms with E-state index in [0.717, 1.165) is 5.56 Å². The quantitative estimate of drug-likeness (QED) is 0.216. The fraction of sp³-hybridized carbons (Fsp3) is 0.115. The number of carbonyl (C=O) groups excluding carboxylic acids is 2. The molecule has 1 aliphatic heterocycles. The molecule has 2 amide bonds. The molecule has 2 aromatic heterocycles. The number of carboxylic acid groups (broad SMARTS) is 1. The molecule has 12 heteroatoms. The zero-order valence-corrected chi connectivity index (χ0v) is 20.0. The Morgan fingerprint density at radius 1 is 1.08 bits per heavy atom. The van der Waals surface area contributed by atoms with Gasteiger partial charge in [0.05, 0.1) is 24.2 Å². The third-order valence-corrected chi connectivity index (χ3v) is 6.01. The van der Waals surface area contributed by atoms with Crippen molar-refractivity contribution in [2.24, 2.45) is 5.73 Å². The molecule has 4 aromatic rings. The number of fused-ring (bicyclic) bond motifs is 3. The Balaban J connectivity index is 1.56. The average molecular weight is 511 g/mol. The number of aliphatic carboxylic acids is 1. The molecule has 190 valence electrons. The molecular weight excluding hydrogens is 488 g/mol. The maximum Gasteiger partial charge on any atom is 0.305 e. The fourth-order valence-electron chi connectivity index (χ4n) is 4.17. The number of carbonyl (C=O) groups is 3. The highest BCUT2D eigenvalue weighted by Crippen LogP contribution is 2.31. The van der Waals surface area contributed by atoms with Gasteiger partial charge in [0.25, 0.3) is 11.8 Å². The lowest BCUT2D eigenvalue weighted by atomic mass is 10.1. The number of hydrogen-bond donors (Lipinski definition) is 4. The van der Waals surface area contributed by atoms with Gasteiger partial charge < -0.3 is 21.1 Å². The van der Waals surface area contributed by atoms with Gasteiger partial charge >= 0.3 is 5.97 Å². The van der Waals surface area contributed by atoms with Crippen LogP contribution in [0.3, 0.4) is 0 Å². The van der Waals surface area contributed by atoms with Gasteiger partial charge in [-0.25, -0.2) is 0 Å². The van der Waals surface area contributed by atoms with E-state index >= 15 is 0 Å². The van der Waals surface area contributed by atoms with Crippen molar-refractivity contribution in [3.8, 4) is 17.1 Å². The number of hydrogen-bond acceptors (Lipinski definition) is 7. The molecule has 0 bridgehead atoms. The maximum absolute atomic E-state index is 13.6. The van der Waals surface area contributed by atoms with Crippen molar-refractivity contribution < 1.29 is 19.5 Å². The SMILES string of the molecule is N=C(N)c1ccnc(C(=O)Nc2ccc3c(c2)C(=O)N(CCC(=O)O)Cc2nnc(-c4ccccc4)n2-3)c1. The molecule has 0 atom stereocenters. The van der Waals surface area contributed by atoms with Crippen LogP contribution in [0.1, 0.15) is 38.7 Å². The summed E-state index contributed by atoms with van der Waals surface area (Å²) in [6.45, 7) is 0.0313. The van der Waals surface area contributed by atoms with Crippen molar-refractivity contribution in [3.63, 3.8) is 0 Å². The maximum atomic E-state index is 13.6. The lowest BCUT2D eigenvalue weighted by Gasteiger charge is -2.19. The van der Waals surface area contributed by atoms with Gasteiger partial charge in [-0.05, 0) is 30.3 Å². The molecule has 0 fully saturated rings. The zero-order valence-electron chi connectivity index (χ0n) is 20.0. The summed E-state index contributed by atoms with van der Waals surface area (Å²) >= 11 is 0. The van der Waals surface area contributed by atoms with Crippen molar-refractivity contribution in [2.45, 2.75) is 13.0 Å². The fourth-order valence-corrected chi connectivity index (χ4v) is 4.17. The number of nitrogens with zero attached hydrogens (tertiary/aromatic N) is 5. The van der Waals surface area contributed by atoms with Crippen LogP contribution in [0.4, 0.5) is 5.69 Å². The predicted octanol–water partition coefficient (Wildman–Crippen LogP) is 2.30. The highest BCUT2D eigenvalue weighted by Gasteiger charge is 2.30. The molecule has 0 radical (unpaired) electrons. The molecule has 5 rings (SSSR count).